The number of rotatable bonds is 3. The van der Waals surface area contributed by atoms with Crippen LogP contribution in [0.2, 0.25) is 0 Å². The molecule has 0 saturated carbocycles. The van der Waals surface area contributed by atoms with Gasteiger partial charge in [0.2, 0.25) is 5.91 Å². The molecule has 6 nitrogen and oxygen atoms in total. The number of carbonyl (C=O) groups excluding carboxylic acids is 2. The van der Waals surface area contributed by atoms with Crippen LogP contribution in [-0.4, -0.2) is 41.0 Å². The Hall–Kier alpha value is -3.21. The number of H-pyrrole nitrogens is 1. The number of alkyl halides is 1. The second-order valence-electron chi connectivity index (χ2n) is 6.65. The van der Waals surface area contributed by atoms with Gasteiger partial charge >= 0.3 is 0 Å². The van der Waals surface area contributed by atoms with Gasteiger partial charge < -0.3 is 15.6 Å². The van der Waals surface area contributed by atoms with Gasteiger partial charge in [-0.3, -0.25) is 9.59 Å². The van der Waals surface area contributed by atoms with Gasteiger partial charge in [-0.25, -0.2) is 8.78 Å². The summed E-state index contributed by atoms with van der Waals surface area (Å²) in [4.78, 5) is 27.8. The van der Waals surface area contributed by atoms with Crippen molar-refractivity contribution >= 4 is 22.7 Å². The highest BCUT2D eigenvalue weighted by Gasteiger charge is 2.34. The van der Waals surface area contributed by atoms with Crippen LogP contribution in [-0.2, 0) is 4.79 Å². The van der Waals surface area contributed by atoms with Crippen LogP contribution in [0.25, 0.3) is 10.9 Å². The zero-order valence-corrected chi connectivity index (χ0v) is 14.7. The van der Waals surface area contributed by atoms with Crippen LogP contribution >= 0.6 is 0 Å². The first-order chi connectivity index (χ1) is 12.8. The summed E-state index contributed by atoms with van der Waals surface area (Å²) in [7, 11) is 0. The minimum atomic E-state index is -1.34. The smallest absolute Gasteiger partial charge is 0.250 e. The lowest BCUT2D eigenvalue weighted by Crippen LogP contribution is -2.43. The number of nitrogens with one attached hydrogen (secondary N) is 1. The largest absolute Gasteiger partial charge is 0.366 e. The minimum Gasteiger partial charge on any atom is -0.366 e. The molecule has 1 aliphatic heterocycles. The molecule has 2 unspecified atom stereocenters. The summed E-state index contributed by atoms with van der Waals surface area (Å²) < 4.78 is 29.3. The molecule has 1 aromatic carbocycles. The van der Waals surface area contributed by atoms with Crippen LogP contribution in [0.1, 0.15) is 39.5 Å². The number of carbonyl (C=O) groups is 2. The predicted octanol–water partition coefficient (Wildman–Crippen LogP) is 2.43. The topological polar surface area (TPSA) is 103 Å². The molecule has 2 amide bonds. The highest BCUT2D eigenvalue weighted by Crippen LogP contribution is 2.38. The molecular formula is C19H18F2N4O2. The molecule has 140 valence electrons. The van der Waals surface area contributed by atoms with Crippen LogP contribution in [0.4, 0.5) is 8.78 Å². The van der Waals surface area contributed by atoms with Crippen molar-refractivity contribution in [2.75, 3.05) is 13.1 Å². The number of nitrogens with two attached hydrogens (primary N) is 1. The van der Waals surface area contributed by atoms with Crippen LogP contribution in [0.15, 0.2) is 18.7 Å². The second-order valence-corrected chi connectivity index (χ2v) is 6.65. The molecule has 8 heteroatoms. The van der Waals surface area contributed by atoms with E-state index in [1.807, 2.05) is 6.07 Å². The van der Waals surface area contributed by atoms with E-state index in [9.17, 15) is 19.2 Å². The molecule has 3 rings (SSSR count). The Bertz CT molecular complexity index is 1010. The molecule has 0 bridgehead atoms. The number of likely N-dealkylation sites (tertiary alicyclic amines) is 1. The number of primary amides is 1. The maximum atomic E-state index is 15.0. The molecule has 2 heterocycles. The van der Waals surface area contributed by atoms with Gasteiger partial charge in [0.1, 0.15) is 18.1 Å². The Kier molecular flexibility index (Phi) is 4.70. The molecule has 0 spiro atoms. The number of aromatic nitrogens is 1. The van der Waals surface area contributed by atoms with Gasteiger partial charge in [-0.2, -0.15) is 5.26 Å². The molecule has 3 N–H and O–H groups in total. The van der Waals surface area contributed by atoms with Gasteiger partial charge in [0, 0.05) is 29.1 Å². The van der Waals surface area contributed by atoms with E-state index in [1.165, 1.54) is 4.90 Å². The summed E-state index contributed by atoms with van der Waals surface area (Å²) in [6.45, 7) is 5.01. The highest BCUT2D eigenvalue weighted by molar-refractivity contribution is 6.08. The Labute approximate surface area is 154 Å². The van der Waals surface area contributed by atoms with E-state index in [1.54, 1.807) is 6.92 Å². The summed E-state index contributed by atoms with van der Waals surface area (Å²) in [5, 5.41) is 9.73. The standard InChI is InChI=1S/C19H18F2N4O2/c1-3-15(26)25-7-10(4-11(20)8-25)16-14(21)5-12(19(23)27)18-17(16)13(6-22)9(2)24-18/h3,5,10-11,24H,1,4,7-8H2,2H3,(H2,23,27). The number of nitriles is 1. The van der Waals surface area contributed by atoms with Gasteiger partial charge in [-0.05, 0) is 25.5 Å². The fraction of sp³-hybridized carbons (Fsp3) is 0.316. The third-order valence-electron chi connectivity index (χ3n) is 4.93. The molecule has 0 aliphatic carbocycles. The molecule has 1 aromatic heterocycles. The summed E-state index contributed by atoms with van der Waals surface area (Å²) in [5.74, 6) is -2.72. The van der Waals surface area contributed by atoms with Crippen LogP contribution < -0.4 is 5.73 Å². The second kappa shape index (κ2) is 6.83. The first-order valence-corrected chi connectivity index (χ1v) is 8.38. The lowest BCUT2D eigenvalue weighted by Gasteiger charge is -2.35. The zero-order valence-electron chi connectivity index (χ0n) is 14.7. The third kappa shape index (κ3) is 3.05. The highest BCUT2D eigenvalue weighted by atomic mass is 19.1. The summed E-state index contributed by atoms with van der Waals surface area (Å²) in [6, 6.07) is 3.01. The van der Waals surface area contributed by atoms with Crippen molar-refractivity contribution in [1.82, 2.24) is 9.88 Å². The molecule has 27 heavy (non-hydrogen) atoms. The average molecular weight is 372 g/mol. The number of benzene rings is 1. The number of piperidine rings is 1. The zero-order chi connectivity index (χ0) is 19.9. The summed E-state index contributed by atoms with van der Waals surface area (Å²) in [6.07, 6.45) is -0.264. The maximum Gasteiger partial charge on any atom is 0.250 e. The molecule has 0 radical (unpaired) electrons. The van der Waals surface area contributed by atoms with E-state index < -0.39 is 29.7 Å². The van der Waals surface area contributed by atoms with E-state index >= 15 is 4.39 Å². The molecule has 1 saturated heterocycles. The first-order valence-electron chi connectivity index (χ1n) is 8.38. The quantitative estimate of drug-likeness (QED) is 0.809. The number of aryl methyl sites for hydroxylation is 1. The van der Waals surface area contributed by atoms with Gasteiger partial charge in [-0.1, -0.05) is 6.58 Å². The van der Waals surface area contributed by atoms with Crippen molar-refractivity contribution in [3.63, 3.8) is 0 Å². The van der Waals surface area contributed by atoms with E-state index in [4.69, 9.17) is 5.73 Å². The Morgan fingerprint density at radius 1 is 1.48 bits per heavy atom. The van der Waals surface area contributed by atoms with Gasteiger partial charge in [0.15, 0.2) is 0 Å². The van der Waals surface area contributed by atoms with E-state index in [-0.39, 0.29) is 47.1 Å². The predicted molar refractivity (Wildman–Crippen MR) is 95.3 cm³/mol. The van der Waals surface area contributed by atoms with Crippen molar-refractivity contribution in [1.29, 1.82) is 5.26 Å². The number of nitrogens with zero attached hydrogens (tertiary/aromatic N) is 2. The van der Waals surface area contributed by atoms with Crippen molar-refractivity contribution in [3.05, 3.63) is 46.9 Å². The molecule has 2 atom stereocenters. The van der Waals surface area contributed by atoms with Crippen molar-refractivity contribution in [2.24, 2.45) is 5.73 Å². The van der Waals surface area contributed by atoms with E-state index in [0.717, 1.165) is 12.1 Å². The van der Waals surface area contributed by atoms with Gasteiger partial charge in [0.05, 0.1) is 23.2 Å². The SMILES string of the molecule is C=CC(=O)N1CC(F)CC(c2c(F)cc(C(N)=O)c3[nH]c(C)c(C#N)c23)C1. The molecule has 1 fully saturated rings. The fourth-order valence-corrected chi connectivity index (χ4v) is 3.78. The number of halogens is 2. The minimum absolute atomic E-state index is 0.00203. The first kappa shape index (κ1) is 18.6. The number of amides is 2. The van der Waals surface area contributed by atoms with Gasteiger partial charge in [0.25, 0.3) is 5.91 Å². The number of hydrogen-bond donors (Lipinski definition) is 2. The summed E-state index contributed by atoms with van der Waals surface area (Å²) >= 11 is 0. The van der Waals surface area contributed by atoms with Crippen LogP contribution in [0.3, 0.4) is 0 Å². The van der Waals surface area contributed by atoms with Gasteiger partial charge in [-0.15, -0.1) is 0 Å². The Balaban J connectivity index is 2.25. The normalized spacial score (nSPS) is 19.7. The van der Waals surface area contributed by atoms with Crippen molar-refractivity contribution in [3.8, 4) is 6.07 Å². The monoisotopic (exact) mass is 372 g/mol. The lowest BCUT2D eigenvalue weighted by atomic mass is 9.85. The average Bonchev–Trinajstić information content (AvgIpc) is 2.95. The molecule has 2 aromatic rings. The van der Waals surface area contributed by atoms with Crippen molar-refractivity contribution < 1.29 is 18.4 Å². The number of aromatic amines is 1. The maximum absolute atomic E-state index is 15.0. The van der Waals surface area contributed by atoms with Crippen molar-refractivity contribution in [2.45, 2.75) is 25.4 Å². The molecular weight excluding hydrogens is 354 g/mol. The third-order valence-corrected chi connectivity index (χ3v) is 4.93. The fourth-order valence-electron chi connectivity index (χ4n) is 3.78. The van der Waals surface area contributed by atoms with Crippen LogP contribution in [0, 0.1) is 24.1 Å². The van der Waals surface area contributed by atoms with E-state index in [0.29, 0.717) is 5.69 Å². The van der Waals surface area contributed by atoms with Crippen LogP contribution in [0.5, 0.6) is 0 Å². The number of fused-ring (bicyclic) bond motifs is 1. The van der Waals surface area contributed by atoms with E-state index in [2.05, 4.69) is 11.6 Å². The Morgan fingerprint density at radius 3 is 2.78 bits per heavy atom. The Morgan fingerprint density at radius 2 is 2.19 bits per heavy atom. The number of hydrogen-bond acceptors (Lipinski definition) is 3. The lowest BCUT2D eigenvalue weighted by molar-refractivity contribution is -0.128. The summed E-state index contributed by atoms with van der Waals surface area (Å²) in [5.41, 5.74) is 6.25. The molecule has 1 aliphatic rings.